The Hall–Kier alpha value is -4.71. The molecule has 0 bridgehead atoms. The van der Waals surface area contributed by atoms with Gasteiger partial charge in [-0.15, -0.1) is 10.2 Å². The number of nitrogens with zero attached hydrogens (tertiary/aromatic N) is 7. The van der Waals surface area contributed by atoms with Crippen LogP contribution in [0, 0.1) is 25.2 Å². The van der Waals surface area contributed by atoms with Crippen LogP contribution >= 0.6 is 0 Å². The number of carbonyl (C=O) groups is 3. The molecule has 52 heavy (non-hydrogen) atoms. The van der Waals surface area contributed by atoms with E-state index in [0.29, 0.717) is 82.5 Å². The number of morpholine rings is 2. The smallest absolute Gasteiger partial charge is 0.254 e. The van der Waals surface area contributed by atoms with Crippen molar-refractivity contribution >= 4 is 17.7 Å². The number of rotatable bonds is 12. The van der Waals surface area contributed by atoms with Gasteiger partial charge in [0.1, 0.15) is 6.04 Å². The SMILES string of the molecule is CC.CCN(C(=O)CN[C@@H](C)CC(c1nn[nH]n1)(c1ccc(C(=O)N2CCOCC2)cc1C)c1ccc(C(=O)N2CCOCC2)cc1C)C(C)C#N. The maximum Gasteiger partial charge on any atom is 0.254 e. The van der Waals surface area contributed by atoms with E-state index in [9.17, 15) is 19.6 Å². The fourth-order valence-electron chi connectivity index (χ4n) is 7.12. The number of aromatic amines is 1. The van der Waals surface area contributed by atoms with Gasteiger partial charge in [-0.2, -0.15) is 10.5 Å². The van der Waals surface area contributed by atoms with Crippen LogP contribution in [0.3, 0.4) is 0 Å². The third kappa shape index (κ3) is 8.83. The molecule has 0 radical (unpaired) electrons. The molecular formula is C38H53N9O5. The van der Waals surface area contributed by atoms with Gasteiger partial charge in [-0.25, -0.2) is 0 Å². The maximum absolute atomic E-state index is 13.5. The molecule has 280 valence electrons. The minimum absolute atomic E-state index is 0.0291. The zero-order valence-corrected chi connectivity index (χ0v) is 31.6. The van der Waals surface area contributed by atoms with Crippen LogP contribution in [-0.4, -0.2) is 131 Å². The highest BCUT2D eigenvalue weighted by Crippen LogP contribution is 2.44. The predicted octanol–water partition coefficient (Wildman–Crippen LogP) is 3.25. The van der Waals surface area contributed by atoms with Crippen LogP contribution in [0.4, 0.5) is 0 Å². The molecule has 0 aliphatic carbocycles. The average molecular weight is 716 g/mol. The molecule has 1 aromatic heterocycles. The van der Waals surface area contributed by atoms with Gasteiger partial charge in [0.15, 0.2) is 5.82 Å². The maximum atomic E-state index is 13.5. The number of nitriles is 1. The third-order valence-electron chi connectivity index (χ3n) is 9.72. The number of nitrogens with one attached hydrogen (secondary N) is 2. The lowest BCUT2D eigenvalue weighted by Crippen LogP contribution is -2.46. The summed E-state index contributed by atoms with van der Waals surface area (Å²) in [6.45, 7) is 18.1. The summed E-state index contributed by atoms with van der Waals surface area (Å²) in [6, 6.07) is 12.7. The van der Waals surface area contributed by atoms with Crippen LogP contribution < -0.4 is 5.32 Å². The molecule has 14 nitrogen and oxygen atoms in total. The number of tetrazole rings is 1. The molecule has 3 amide bonds. The van der Waals surface area contributed by atoms with E-state index in [4.69, 9.17) is 9.47 Å². The van der Waals surface area contributed by atoms with E-state index in [0.717, 1.165) is 22.3 Å². The molecule has 2 aromatic carbocycles. The highest BCUT2D eigenvalue weighted by atomic mass is 16.5. The molecule has 2 fully saturated rings. The summed E-state index contributed by atoms with van der Waals surface area (Å²) in [5.74, 6) is 0.117. The summed E-state index contributed by atoms with van der Waals surface area (Å²) in [5.41, 5.74) is 3.56. The van der Waals surface area contributed by atoms with Gasteiger partial charge in [-0.1, -0.05) is 31.2 Å². The zero-order valence-electron chi connectivity index (χ0n) is 31.6. The lowest BCUT2D eigenvalue weighted by atomic mass is 9.67. The summed E-state index contributed by atoms with van der Waals surface area (Å²) in [4.78, 5) is 45.3. The minimum Gasteiger partial charge on any atom is -0.378 e. The largest absolute Gasteiger partial charge is 0.378 e. The number of likely N-dealkylation sites (N-methyl/N-ethyl adjacent to an activating group) is 1. The van der Waals surface area contributed by atoms with E-state index in [1.165, 1.54) is 4.90 Å². The normalized spacial score (nSPS) is 15.9. The second kappa shape index (κ2) is 18.7. The Morgan fingerprint density at radius 1 is 0.923 bits per heavy atom. The summed E-state index contributed by atoms with van der Waals surface area (Å²) < 4.78 is 10.9. The second-order valence-electron chi connectivity index (χ2n) is 13.0. The Balaban J connectivity index is 0.00000297. The highest BCUT2D eigenvalue weighted by Gasteiger charge is 2.44. The monoisotopic (exact) mass is 715 g/mol. The van der Waals surface area contributed by atoms with Gasteiger partial charge >= 0.3 is 0 Å². The van der Waals surface area contributed by atoms with Crippen LogP contribution in [0.1, 0.15) is 89.8 Å². The molecule has 14 heteroatoms. The Labute approximate surface area is 306 Å². The highest BCUT2D eigenvalue weighted by molar-refractivity contribution is 5.95. The molecule has 3 heterocycles. The van der Waals surface area contributed by atoms with E-state index in [-0.39, 0.29) is 30.3 Å². The molecule has 2 N–H and O–H groups in total. The topological polar surface area (TPSA) is 170 Å². The summed E-state index contributed by atoms with van der Waals surface area (Å²) in [5, 5.41) is 28.5. The first-order chi connectivity index (χ1) is 25.1. The van der Waals surface area contributed by atoms with Gasteiger partial charge in [-0.05, 0) is 87.6 Å². The fraction of sp³-hybridized carbons (Fsp3) is 0.553. The Kier molecular flexibility index (Phi) is 14.4. The fourth-order valence-corrected chi connectivity index (χ4v) is 7.12. The van der Waals surface area contributed by atoms with Gasteiger partial charge in [0.2, 0.25) is 5.91 Å². The summed E-state index contributed by atoms with van der Waals surface area (Å²) >= 11 is 0. The number of carbonyl (C=O) groups excluding carboxylic acids is 3. The molecule has 2 atom stereocenters. The van der Waals surface area contributed by atoms with Crippen molar-refractivity contribution in [3.8, 4) is 6.07 Å². The number of hydrogen-bond donors (Lipinski definition) is 2. The number of ether oxygens (including phenoxy) is 2. The Bertz CT molecular complexity index is 1620. The van der Waals surface area contributed by atoms with Crippen molar-refractivity contribution in [2.75, 3.05) is 65.7 Å². The van der Waals surface area contributed by atoms with Crippen molar-refractivity contribution in [1.82, 2.24) is 40.6 Å². The van der Waals surface area contributed by atoms with Gasteiger partial charge in [0.25, 0.3) is 11.8 Å². The van der Waals surface area contributed by atoms with Gasteiger partial charge < -0.3 is 29.5 Å². The molecule has 0 saturated carbocycles. The van der Waals surface area contributed by atoms with E-state index < -0.39 is 11.5 Å². The average Bonchev–Trinajstić information content (AvgIpc) is 3.73. The Morgan fingerprint density at radius 2 is 1.42 bits per heavy atom. The number of amides is 3. The van der Waals surface area contributed by atoms with Crippen LogP contribution in [0.2, 0.25) is 0 Å². The first-order valence-electron chi connectivity index (χ1n) is 18.2. The predicted molar refractivity (Wildman–Crippen MR) is 196 cm³/mol. The molecule has 3 aromatic rings. The van der Waals surface area contributed by atoms with Crippen molar-refractivity contribution < 1.29 is 23.9 Å². The van der Waals surface area contributed by atoms with Crippen molar-refractivity contribution in [2.24, 2.45) is 0 Å². The van der Waals surface area contributed by atoms with Crippen LogP contribution in [0.25, 0.3) is 0 Å². The number of H-pyrrole nitrogens is 1. The molecule has 1 unspecified atom stereocenters. The summed E-state index contributed by atoms with van der Waals surface area (Å²) in [7, 11) is 0. The van der Waals surface area contributed by atoms with E-state index in [1.807, 2.05) is 77.9 Å². The number of aromatic nitrogens is 4. The second-order valence-corrected chi connectivity index (χ2v) is 13.0. The van der Waals surface area contributed by atoms with Crippen molar-refractivity contribution in [1.29, 1.82) is 5.26 Å². The van der Waals surface area contributed by atoms with Gasteiger partial charge in [0.05, 0.1) is 44.5 Å². The first kappa shape index (κ1) is 40.1. The number of hydrogen-bond acceptors (Lipinski definition) is 10. The molecule has 0 spiro atoms. The molecule has 2 saturated heterocycles. The molecular weight excluding hydrogens is 662 g/mol. The summed E-state index contributed by atoms with van der Waals surface area (Å²) in [6.07, 6.45) is 0.398. The van der Waals surface area contributed by atoms with E-state index >= 15 is 0 Å². The molecule has 2 aliphatic heterocycles. The number of benzene rings is 2. The van der Waals surface area contributed by atoms with Crippen LogP contribution in [0.15, 0.2) is 36.4 Å². The lowest BCUT2D eigenvalue weighted by Gasteiger charge is -2.37. The van der Waals surface area contributed by atoms with Crippen LogP contribution in [-0.2, 0) is 19.7 Å². The molecule has 2 aliphatic rings. The zero-order chi connectivity index (χ0) is 37.8. The van der Waals surface area contributed by atoms with Gasteiger partial charge in [-0.3, -0.25) is 14.4 Å². The van der Waals surface area contributed by atoms with Gasteiger partial charge in [0, 0.05) is 49.9 Å². The molecule has 5 rings (SSSR count). The number of aryl methyl sites for hydroxylation is 2. The van der Waals surface area contributed by atoms with Crippen LogP contribution in [0.5, 0.6) is 0 Å². The van der Waals surface area contributed by atoms with E-state index in [2.05, 4.69) is 32.0 Å². The van der Waals surface area contributed by atoms with Crippen molar-refractivity contribution in [2.45, 2.75) is 72.4 Å². The van der Waals surface area contributed by atoms with Crippen molar-refractivity contribution in [3.63, 3.8) is 0 Å². The Morgan fingerprint density at radius 3 is 1.83 bits per heavy atom. The van der Waals surface area contributed by atoms with Crippen molar-refractivity contribution in [3.05, 3.63) is 75.6 Å². The lowest BCUT2D eigenvalue weighted by molar-refractivity contribution is -0.131. The standard InChI is InChI=1S/C36H47N9O5.C2H6/c1-6-45(27(5)22-37)32(46)23-38-26(4)21-36(35-39-41-42-40-35,30-9-7-28(19-24(30)2)33(47)43-11-15-49-16-12-43)31-10-8-29(20-25(31)3)34(48)44-13-17-50-18-14-44;1-2/h7-10,19-20,26-27,38H,6,11-18,21,23H2,1-5H3,(H,39,40,41,42);1-2H3/t26-,27?;/m0./s1. The minimum atomic E-state index is -1.01. The quantitative estimate of drug-likeness (QED) is 0.284. The first-order valence-corrected chi connectivity index (χ1v) is 18.2. The third-order valence-corrected chi connectivity index (χ3v) is 9.72. The van der Waals surface area contributed by atoms with E-state index in [1.54, 1.807) is 16.7 Å².